The highest BCUT2D eigenvalue weighted by molar-refractivity contribution is 8.26. The number of carboxylic acids is 1. The average Bonchev–Trinajstić information content (AvgIpc) is 3.47. The van der Waals surface area contributed by atoms with Crippen LogP contribution < -0.4 is 5.32 Å². The van der Waals surface area contributed by atoms with Gasteiger partial charge in [-0.1, -0.05) is 115 Å². The quantitative estimate of drug-likeness (QED) is 0.164. The maximum Gasteiger partial charge on any atom is 0.323 e. The van der Waals surface area contributed by atoms with Crippen LogP contribution in [0.15, 0.2) is 101 Å². The molecule has 0 unspecified atom stereocenters. The van der Waals surface area contributed by atoms with E-state index in [0.717, 1.165) is 33.4 Å². The van der Waals surface area contributed by atoms with Crippen molar-refractivity contribution < 1.29 is 14.7 Å². The average molecular weight is 544 g/mol. The zero-order chi connectivity index (χ0) is 25.8. The van der Waals surface area contributed by atoms with Gasteiger partial charge in [0.2, 0.25) is 0 Å². The number of aromatic nitrogens is 1. The molecule has 2 N–H and O–H groups in total. The standard InChI is InChI=1S/C28H21N3O3S3/c32-24(33)17-31-25(34)23(37-27(31)35)16-22-18-36-26(29-22)30-28(19-10-4-1-5-11-19,20-12-6-2-7-13-20)21-14-8-3-9-15-21/h1-16,18H,17H2,(H,29,30)(H,32,33)/b23-16-. The summed E-state index contributed by atoms with van der Waals surface area (Å²) in [5.74, 6) is -1.54. The predicted molar refractivity (Wildman–Crippen MR) is 152 cm³/mol. The van der Waals surface area contributed by atoms with E-state index in [1.165, 1.54) is 11.3 Å². The third-order valence-corrected chi connectivity index (χ3v) is 8.04. The summed E-state index contributed by atoms with van der Waals surface area (Å²) in [6.07, 6.45) is 1.65. The molecule has 1 aliphatic heterocycles. The number of thiazole rings is 1. The van der Waals surface area contributed by atoms with Crippen LogP contribution in [0.1, 0.15) is 22.4 Å². The van der Waals surface area contributed by atoms with E-state index in [0.29, 0.717) is 15.7 Å². The van der Waals surface area contributed by atoms with Gasteiger partial charge in [0, 0.05) is 5.38 Å². The summed E-state index contributed by atoms with van der Waals surface area (Å²) < 4.78 is 0.225. The van der Waals surface area contributed by atoms with Crippen LogP contribution in [0, 0.1) is 0 Å². The molecule has 5 rings (SSSR count). The van der Waals surface area contributed by atoms with E-state index in [2.05, 4.69) is 41.7 Å². The minimum absolute atomic E-state index is 0.225. The molecule has 2 heterocycles. The van der Waals surface area contributed by atoms with Crippen LogP contribution in [0.5, 0.6) is 0 Å². The highest BCUT2D eigenvalue weighted by atomic mass is 32.2. The molecule has 0 radical (unpaired) electrons. The Morgan fingerprint density at radius 1 is 0.946 bits per heavy atom. The second kappa shape index (κ2) is 10.7. The summed E-state index contributed by atoms with van der Waals surface area (Å²) in [7, 11) is 0. The van der Waals surface area contributed by atoms with Gasteiger partial charge in [0.1, 0.15) is 16.4 Å². The number of hydrogen-bond donors (Lipinski definition) is 2. The molecule has 4 aromatic rings. The van der Waals surface area contributed by atoms with Crippen LogP contribution in [-0.4, -0.2) is 37.7 Å². The molecule has 184 valence electrons. The monoisotopic (exact) mass is 543 g/mol. The van der Waals surface area contributed by atoms with E-state index >= 15 is 0 Å². The summed E-state index contributed by atoms with van der Waals surface area (Å²) in [6.45, 7) is -0.459. The van der Waals surface area contributed by atoms with Crippen molar-refractivity contribution >= 4 is 62.7 Å². The SMILES string of the molecule is O=C(O)CN1C(=O)/C(=C/c2csc(NC(c3ccccc3)(c3ccccc3)c3ccccc3)n2)SC1=S. The summed E-state index contributed by atoms with van der Waals surface area (Å²) in [5, 5.41) is 15.3. The molecule has 6 nitrogen and oxygen atoms in total. The van der Waals surface area contributed by atoms with Gasteiger partial charge in [-0.2, -0.15) is 0 Å². The molecule has 1 saturated heterocycles. The van der Waals surface area contributed by atoms with Crippen LogP contribution in [-0.2, 0) is 15.1 Å². The minimum Gasteiger partial charge on any atom is -0.480 e. The lowest BCUT2D eigenvalue weighted by atomic mass is 9.77. The second-order valence-electron chi connectivity index (χ2n) is 8.21. The number of thiocarbonyl (C=S) groups is 1. The van der Waals surface area contributed by atoms with Gasteiger partial charge in [0.15, 0.2) is 5.13 Å². The lowest BCUT2D eigenvalue weighted by Gasteiger charge is -2.36. The summed E-state index contributed by atoms with van der Waals surface area (Å²) in [6, 6.07) is 30.6. The number of rotatable bonds is 8. The number of aliphatic carboxylic acids is 1. The van der Waals surface area contributed by atoms with Crippen LogP contribution in [0.25, 0.3) is 6.08 Å². The predicted octanol–water partition coefficient (Wildman–Crippen LogP) is 5.83. The van der Waals surface area contributed by atoms with Crippen molar-refractivity contribution in [3.05, 3.63) is 124 Å². The first-order chi connectivity index (χ1) is 18.0. The number of hydrogen-bond acceptors (Lipinski definition) is 7. The molecular weight excluding hydrogens is 523 g/mol. The van der Waals surface area contributed by atoms with Gasteiger partial charge in [-0.15, -0.1) is 11.3 Å². The van der Waals surface area contributed by atoms with Crippen molar-refractivity contribution in [1.29, 1.82) is 0 Å². The van der Waals surface area contributed by atoms with Gasteiger partial charge in [0.25, 0.3) is 5.91 Å². The molecule has 0 atom stereocenters. The van der Waals surface area contributed by atoms with E-state index in [1.54, 1.807) is 6.08 Å². The molecule has 37 heavy (non-hydrogen) atoms. The van der Waals surface area contributed by atoms with Gasteiger partial charge in [0.05, 0.1) is 10.6 Å². The minimum atomic E-state index is -1.11. The number of thioether (sulfide) groups is 1. The Bertz CT molecular complexity index is 1370. The van der Waals surface area contributed by atoms with Crippen LogP contribution in [0.4, 0.5) is 5.13 Å². The first-order valence-electron chi connectivity index (χ1n) is 11.3. The fourth-order valence-electron chi connectivity index (χ4n) is 4.26. The van der Waals surface area contributed by atoms with Crippen molar-refractivity contribution in [2.75, 3.05) is 11.9 Å². The Hall–Kier alpha value is -3.79. The molecule has 1 aromatic heterocycles. The third kappa shape index (κ3) is 5.06. The van der Waals surface area contributed by atoms with E-state index < -0.39 is 24.0 Å². The Balaban J connectivity index is 1.55. The molecule has 1 fully saturated rings. The van der Waals surface area contributed by atoms with Gasteiger partial charge >= 0.3 is 5.97 Å². The van der Waals surface area contributed by atoms with Crippen molar-refractivity contribution in [2.24, 2.45) is 0 Å². The smallest absolute Gasteiger partial charge is 0.323 e. The molecule has 0 spiro atoms. The molecule has 9 heteroatoms. The topological polar surface area (TPSA) is 82.5 Å². The zero-order valence-electron chi connectivity index (χ0n) is 19.4. The van der Waals surface area contributed by atoms with Crippen LogP contribution in [0.2, 0.25) is 0 Å². The van der Waals surface area contributed by atoms with Crippen molar-refractivity contribution in [1.82, 2.24) is 9.88 Å². The van der Waals surface area contributed by atoms with Crippen LogP contribution in [0.3, 0.4) is 0 Å². The fraction of sp³-hybridized carbons (Fsp3) is 0.0714. The number of amides is 1. The maximum absolute atomic E-state index is 12.7. The third-order valence-electron chi connectivity index (χ3n) is 5.88. The molecule has 0 saturated carbocycles. The normalized spacial score (nSPS) is 14.8. The number of carboxylic acid groups (broad SMARTS) is 1. The Kier molecular flexibility index (Phi) is 7.18. The van der Waals surface area contributed by atoms with E-state index in [1.807, 2.05) is 60.0 Å². The Morgan fingerprint density at radius 2 is 1.46 bits per heavy atom. The first kappa shape index (κ1) is 24.9. The summed E-state index contributed by atoms with van der Waals surface area (Å²) in [4.78, 5) is 30.0. The molecule has 0 bridgehead atoms. The summed E-state index contributed by atoms with van der Waals surface area (Å²) in [5.41, 5.74) is 3.03. The van der Waals surface area contributed by atoms with Gasteiger partial charge in [-0.3, -0.25) is 14.5 Å². The molecular formula is C28H21N3O3S3. The number of nitrogens with one attached hydrogen (secondary N) is 1. The fourth-order valence-corrected chi connectivity index (χ4v) is 6.22. The lowest BCUT2D eigenvalue weighted by Crippen LogP contribution is -2.38. The van der Waals surface area contributed by atoms with Crippen LogP contribution >= 0.6 is 35.3 Å². The van der Waals surface area contributed by atoms with Crippen molar-refractivity contribution in [3.63, 3.8) is 0 Å². The van der Waals surface area contributed by atoms with E-state index in [-0.39, 0.29) is 4.32 Å². The Morgan fingerprint density at radius 3 is 1.95 bits per heavy atom. The van der Waals surface area contributed by atoms with Gasteiger partial charge in [-0.25, -0.2) is 4.98 Å². The molecule has 1 amide bonds. The second-order valence-corrected chi connectivity index (χ2v) is 10.7. The van der Waals surface area contributed by atoms with Crippen molar-refractivity contribution in [3.8, 4) is 0 Å². The largest absolute Gasteiger partial charge is 0.480 e. The highest BCUT2D eigenvalue weighted by Gasteiger charge is 2.37. The van der Waals surface area contributed by atoms with Gasteiger partial charge in [-0.05, 0) is 22.8 Å². The lowest BCUT2D eigenvalue weighted by molar-refractivity contribution is -0.140. The number of carbonyl (C=O) groups is 2. The van der Waals surface area contributed by atoms with E-state index in [9.17, 15) is 9.59 Å². The maximum atomic E-state index is 12.7. The first-order valence-corrected chi connectivity index (χ1v) is 13.5. The number of anilines is 1. The van der Waals surface area contributed by atoms with Crippen molar-refractivity contribution in [2.45, 2.75) is 5.54 Å². The zero-order valence-corrected chi connectivity index (χ0v) is 21.9. The molecule has 0 aliphatic carbocycles. The highest BCUT2D eigenvalue weighted by Crippen LogP contribution is 2.41. The molecule has 1 aliphatic rings. The number of benzene rings is 3. The number of nitrogens with zero attached hydrogens (tertiary/aromatic N) is 2. The van der Waals surface area contributed by atoms with Gasteiger partial charge < -0.3 is 10.4 Å². The number of carbonyl (C=O) groups excluding carboxylic acids is 1. The molecule has 3 aromatic carbocycles. The van der Waals surface area contributed by atoms with E-state index in [4.69, 9.17) is 22.3 Å². The summed E-state index contributed by atoms with van der Waals surface area (Å²) >= 11 is 7.71. The Labute approximate surface area is 227 Å².